The Morgan fingerprint density at radius 2 is 1.92 bits per heavy atom. The zero-order valence-corrected chi connectivity index (χ0v) is 12.9. The molecule has 0 saturated carbocycles. The monoisotopic (exact) mass is 346 g/mol. The highest BCUT2D eigenvalue weighted by molar-refractivity contribution is 5.64. The summed E-state index contributed by atoms with van der Waals surface area (Å²) in [7, 11) is 0. The lowest BCUT2D eigenvalue weighted by atomic mass is 10.1. The van der Waals surface area contributed by atoms with Gasteiger partial charge in [0.25, 0.3) is 0 Å². The van der Waals surface area contributed by atoms with Crippen LogP contribution in [0.3, 0.4) is 0 Å². The molecule has 3 aromatic rings. The van der Waals surface area contributed by atoms with Crippen LogP contribution in [0.4, 0.5) is 18.9 Å². The molecule has 0 bridgehead atoms. The summed E-state index contributed by atoms with van der Waals surface area (Å²) in [5, 5.41) is 5.45. The summed E-state index contributed by atoms with van der Waals surface area (Å²) < 4.78 is 42.0. The second-order valence-electron chi connectivity index (χ2n) is 5.75. The van der Waals surface area contributed by atoms with E-state index in [4.69, 9.17) is 0 Å². The standard InChI is InChI=1S/C17H13F3N4O/c18-17(19,20)16-21-15(23-25-16)12-6-7-14-13(8-12)10-24(22-14)9-11-4-2-1-3-5-11/h1-8,22H,9-10H2. The van der Waals surface area contributed by atoms with Gasteiger partial charge in [0, 0.05) is 18.7 Å². The van der Waals surface area contributed by atoms with E-state index in [1.165, 1.54) is 0 Å². The molecule has 0 amide bonds. The van der Waals surface area contributed by atoms with Gasteiger partial charge in [0.05, 0.1) is 5.69 Å². The number of nitrogens with zero attached hydrogens (tertiary/aromatic N) is 3. The molecule has 1 N–H and O–H groups in total. The van der Waals surface area contributed by atoms with E-state index in [0.717, 1.165) is 16.8 Å². The van der Waals surface area contributed by atoms with Crippen molar-refractivity contribution in [3.8, 4) is 11.4 Å². The van der Waals surface area contributed by atoms with Crippen LogP contribution in [0, 0.1) is 0 Å². The Morgan fingerprint density at radius 1 is 1.12 bits per heavy atom. The van der Waals surface area contributed by atoms with E-state index in [-0.39, 0.29) is 5.82 Å². The van der Waals surface area contributed by atoms with Crippen molar-refractivity contribution in [3.05, 3.63) is 65.5 Å². The fraction of sp³-hybridized carbons (Fsp3) is 0.176. The first-order valence-electron chi connectivity index (χ1n) is 7.59. The molecule has 0 fully saturated rings. The van der Waals surface area contributed by atoms with Crippen LogP contribution < -0.4 is 5.43 Å². The summed E-state index contributed by atoms with van der Waals surface area (Å²) in [4.78, 5) is 3.43. The Labute approximate surface area is 141 Å². The van der Waals surface area contributed by atoms with Gasteiger partial charge in [0.15, 0.2) is 0 Å². The first-order chi connectivity index (χ1) is 12.0. The molecule has 0 atom stereocenters. The Hall–Kier alpha value is -2.87. The number of fused-ring (bicyclic) bond motifs is 1. The Bertz CT molecular complexity index is 892. The highest BCUT2D eigenvalue weighted by atomic mass is 19.4. The van der Waals surface area contributed by atoms with Gasteiger partial charge < -0.3 is 9.95 Å². The number of hydrazine groups is 1. The summed E-state index contributed by atoms with van der Waals surface area (Å²) >= 11 is 0. The lowest BCUT2D eigenvalue weighted by Gasteiger charge is -2.15. The predicted octanol–water partition coefficient (Wildman–Crippen LogP) is 4.10. The molecule has 1 aromatic heterocycles. The minimum absolute atomic E-state index is 0.0726. The van der Waals surface area contributed by atoms with Crippen molar-refractivity contribution >= 4 is 5.69 Å². The summed E-state index contributed by atoms with van der Waals surface area (Å²) in [5.41, 5.74) is 6.81. The number of nitrogens with one attached hydrogen (secondary N) is 1. The largest absolute Gasteiger partial charge is 0.471 e. The van der Waals surface area contributed by atoms with Crippen molar-refractivity contribution < 1.29 is 17.7 Å². The van der Waals surface area contributed by atoms with Gasteiger partial charge in [-0.2, -0.15) is 18.2 Å². The van der Waals surface area contributed by atoms with Crippen molar-refractivity contribution in [2.75, 3.05) is 5.43 Å². The van der Waals surface area contributed by atoms with Crippen LogP contribution in [0.2, 0.25) is 0 Å². The molecule has 0 saturated heterocycles. The smallest absolute Gasteiger partial charge is 0.329 e. The van der Waals surface area contributed by atoms with Crippen molar-refractivity contribution in [1.82, 2.24) is 15.1 Å². The zero-order valence-electron chi connectivity index (χ0n) is 12.9. The summed E-state index contributed by atoms with van der Waals surface area (Å²) in [6.45, 7) is 1.34. The topological polar surface area (TPSA) is 54.2 Å². The van der Waals surface area contributed by atoms with Gasteiger partial charge in [-0.1, -0.05) is 35.5 Å². The maximum absolute atomic E-state index is 12.6. The molecular weight excluding hydrogens is 333 g/mol. The highest BCUT2D eigenvalue weighted by Gasteiger charge is 2.38. The SMILES string of the molecule is FC(F)(F)c1nc(-c2ccc3c(c2)CN(Cc2ccccc2)N3)no1. The van der Waals surface area contributed by atoms with Gasteiger partial charge in [-0.05, 0) is 29.3 Å². The third-order valence-electron chi connectivity index (χ3n) is 3.89. The third kappa shape index (κ3) is 3.20. The third-order valence-corrected chi connectivity index (χ3v) is 3.89. The van der Waals surface area contributed by atoms with Crippen molar-refractivity contribution in [2.45, 2.75) is 19.3 Å². The van der Waals surface area contributed by atoms with E-state index < -0.39 is 12.1 Å². The van der Waals surface area contributed by atoms with Crippen LogP contribution in [0.5, 0.6) is 0 Å². The maximum Gasteiger partial charge on any atom is 0.471 e. The van der Waals surface area contributed by atoms with Gasteiger partial charge >= 0.3 is 12.1 Å². The van der Waals surface area contributed by atoms with Crippen LogP contribution in [0.15, 0.2) is 53.1 Å². The lowest BCUT2D eigenvalue weighted by molar-refractivity contribution is -0.159. The normalized spacial score (nSPS) is 14.4. The van der Waals surface area contributed by atoms with E-state index in [1.807, 2.05) is 35.3 Å². The summed E-state index contributed by atoms with van der Waals surface area (Å²) in [6, 6.07) is 15.2. The molecular formula is C17H13F3N4O. The molecule has 4 rings (SSSR count). The summed E-state index contributed by atoms with van der Waals surface area (Å²) in [6.07, 6.45) is -4.64. The van der Waals surface area contributed by atoms with Crippen molar-refractivity contribution in [3.63, 3.8) is 0 Å². The zero-order chi connectivity index (χ0) is 17.4. The molecule has 0 unspecified atom stereocenters. The lowest BCUT2D eigenvalue weighted by Crippen LogP contribution is -2.22. The maximum atomic E-state index is 12.6. The van der Waals surface area contributed by atoms with Gasteiger partial charge in [-0.15, -0.1) is 0 Å². The minimum atomic E-state index is -4.64. The minimum Gasteiger partial charge on any atom is -0.329 e. The second kappa shape index (κ2) is 5.89. The second-order valence-corrected chi connectivity index (χ2v) is 5.75. The molecule has 2 aromatic carbocycles. The predicted molar refractivity (Wildman–Crippen MR) is 84.0 cm³/mol. The molecule has 128 valence electrons. The van der Waals surface area contributed by atoms with Crippen LogP contribution in [-0.4, -0.2) is 15.1 Å². The number of hydrogen-bond acceptors (Lipinski definition) is 5. The van der Waals surface area contributed by atoms with E-state index >= 15 is 0 Å². The Kier molecular flexibility index (Phi) is 3.69. The number of alkyl halides is 3. The van der Waals surface area contributed by atoms with Crippen LogP contribution >= 0.6 is 0 Å². The van der Waals surface area contributed by atoms with E-state index in [1.54, 1.807) is 18.2 Å². The van der Waals surface area contributed by atoms with Crippen LogP contribution in [-0.2, 0) is 19.3 Å². The van der Waals surface area contributed by atoms with Crippen molar-refractivity contribution in [2.24, 2.45) is 0 Å². The highest BCUT2D eigenvalue weighted by Crippen LogP contribution is 2.32. The molecule has 0 spiro atoms. The molecule has 8 heteroatoms. The molecule has 25 heavy (non-hydrogen) atoms. The quantitative estimate of drug-likeness (QED) is 0.774. The molecule has 5 nitrogen and oxygen atoms in total. The number of anilines is 1. The van der Waals surface area contributed by atoms with Gasteiger partial charge in [0.1, 0.15) is 0 Å². The number of aromatic nitrogens is 2. The molecule has 1 aliphatic heterocycles. The van der Waals surface area contributed by atoms with E-state index in [2.05, 4.69) is 20.1 Å². The average molecular weight is 346 g/mol. The van der Waals surface area contributed by atoms with Gasteiger partial charge in [0.2, 0.25) is 5.82 Å². The fourth-order valence-corrected chi connectivity index (χ4v) is 2.74. The Morgan fingerprint density at radius 3 is 2.64 bits per heavy atom. The first kappa shape index (κ1) is 15.6. The number of hydrogen-bond donors (Lipinski definition) is 1. The Balaban J connectivity index is 1.53. The molecule has 2 heterocycles. The average Bonchev–Trinajstić information content (AvgIpc) is 3.21. The van der Waals surface area contributed by atoms with Gasteiger partial charge in [-0.3, -0.25) is 0 Å². The van der Waals surface area contributed by atoms with Gasteiger partial charge in [-0.25, -0.2) is 5.01 Å². The molecule has 0 aliphatic carbocycles. The molecule has 1 aliphatic rings. The van der Waals surface area contributed by atoms with Crippen LogP contribution in [0.1, 0.15) is 17.0 Å². The first-order valence-corrected chi connectivity index (χ1v) is 7.59. The number of halogens is 3. The van der Waals surface area contributed by atoms with Crippen LogP contribution in [0.25, 0.3) is 11.4 Å². The fourth-order valence-electron chi connectivity index (χ4n) is 2.74. The summed E-state index contributed by atoms with van der Waals surface area (Å²) in [5.74, 6) is -1.41. The van der Waals surface area contributed by atoms with E-state index in [0.29, 0.717) is 18.7 Å². The van der Waals surface area contributed by atoms with E-state index in [9.17, 15) is 13.2 Å². The number of benzene rings is 2. The molecule has 0 radical (unpaired) electrons. The number of rotatable bonds is 3. The van der Waals surface area contributed by atoms with Crippen molar-refractivity contribution in [1.29, 1.82) is 0 Å².